The zero-order valence-electron chi connectivity index (χ0n) is 20.4. The minimum atomic E-state index is -1.28. The normalized spacial score (nSPS) is 13.9. The lowest BCUT2D eigenvalue weighted by Crippen LogP contribution is -2.35. The predicted molar refractivity (Wildman–Crippen MR) is 142 cm³/mol. The molecule has 5 rings (SSSR count). The highest BCUT2D eigenvalue weighted by Gasteiger charge is 2.56. The Hall–Kier alpha value is -5.19. The van der Waals surface area contributed by atoms with Crippen LogP contribution in [0.25, 0.3) is 16.5 Å². The maximum atomic E-state index is 15.0. The summed E-state index contributed by atoms with van der Waals surface area (Å²) in [6.07, 6.45) is 6.01. The van der Waals surface area contributed by atoms with Gasteiger partial charge in [-0.3, -0.25) is 19.6 Å². The van der Waals surface area contributed by atoms with Crippen LogP contribution in [0.4, 0.5) is 20.2 Å². The van der Waals surface area contributed by atoms with Crippen LogP contribution in [-0.2, 0) is 9.59 Å². The van der Waals surface area contributed by atoms with Crippen LogP contribution in [-0.4, -0.2) is 28.0 Å². The molecule has 39 heavy (non-hydrogen) atoms. The van der Waals surface area contributed by atoms with Crippen molar-refractivity contribution in [3.8, 4) is 11.5 Å². The number of allylic oxidation sites excluding steroid dienone is 1. The molecule has 0 saturated heterocycles. The van der Waals surface area contributed by atoms with Gasteiger partial charge in [0.05, 0.1) is 16.6 Å². The molecule has 0 aliphatic heterocycles. The number of carbonyl (C=O) groups excluding carboxylic acids is 2. The van der Waals surface area contributed by atoms with E-state index in [4.69, 9.17) is 15.9 Å². The molecule has 0 radical (unpaired) electrons. The quantitative estimate of drug-likeness (QED) is 0.187. The van der Waals surface area contributed by atoms with E-state index in [1.807, 2.05) is 0 Å². The maximum absolute atomic E-state index is 15.0. The van der Waals surface area contributed by atoms with E-state index in [1.165, 1.54) is 55.0 Å². The SMILES string of the molecule is N=C/C(=C\N)c1cc2nccc(Oc3ccc(NC(=O)C4(C(=O)Nc5ccc(F)cc5)CC4)cc3F)c2cn1. The molecule has 2 heterocycles. The van der Waals surface area contributed by atoms with Gasteiger partial charge >= 0.3 is 0 Å². The second-order valence-electron chi connectivity index (χ2n) is 8.91. The van der Waals surface area contributed by atoms with Crippen LogP contribution < -0.4 is 21.1 Å². The molecule has 11 heteroatoms. The van der Waals surface area contributed by atoms with Crippen LogP contribution in [0.1, 0.15) is 18.5 Å². The number of nitrogens with one attached hydrogen (secondary N) is 3. The number of amides is 2. The molecule has 2 aromatic carbocycles. The number of benzene rings is 2. The first kappa shape index (κ1) is 25.5. The van der Waals surface area contributed by atoms with Crippen LogP contribution in [0.3, 0.4) is 0 Å². The number of hydrogen-bond acceptors (Lipinski definition) is 7. The zero-order chi connectivity index (χ0) is 27.6. The van der Waals surface area contributed by atoms with E-state index in [9.17, 15) is 18.4 Å². The van der Waals surface area contributed by atoms with E-state index in [2.05, 4.69) is 20.6 Å². The van der Waals surface area contributed by atoms with E-state index >= 15 is 0 Å². The number of nitrogens with two attached hydrogens (primary N) is 1. The highest BCUT2D eigenvalue weighted by atomic mass is 19.1. The number of hydrogen-bond donors (Lipinski definition) is 4. The minimum Gasteiger partial charge on any atom is -0.453 e. The van der Waals surface area contributed by atoms with Gasteiger partial charge in [-0.15, -0.1) is 0 Å². The molecule has 0 atom stereocenters. The summed E-state index contributed by atoms with van der Waals surface area (Å²) in [5, 5.41) is 13.2. The number of aromatic nitrogens is 2. The lowest BCUT2D eigenvalue weighted by Gasteiger charge is -2.16. The molecule has 1 saturated carbocycles. The van der Waals surface area contributed by atoms with Gasteiger partial charge in [0.25, 0.3) is 0 Å². The average molecular weight is 529 g/mol. The van der Waals surface area contributed by atoms with Crippen LogP contribution in [0.2, 0.25) is 0 Å². The third-order valence-corrected chi connectivity index (χ3v) is 6.35. The third kappa shape index (κ3) is 5.14. The molecule has 0 spiro atoms. The van der Waals surface area contributed by atoms with Gasteiger partial charge < -0.3 is 26.5 Å². The first-order valence-electron chi connectivity index (χ1n) is 11.9. The second kappa shape index (κ2) is 10.3. The fourth-order valence-corrected chi connectivity index (χ4v) is 3.97. The van der Waals surface area contributed by atoms with Crippen molar-refractivity contribution in [3.05, 3.63) is 90.5 Å². The molecule has 1 aliphatic rings. The summed E-state index contributed by atoms with van der Waals surface area (Å²) in [6.45, 7) is 0. The molecule has 0 bridgehead atoms. The topological polar surface area (TPSA) is 143 Å². The van der Waals surface area contributed by atoms with Gasteiger partial charge in [-0.05, 0) is 61.4 Å². The van der Waals surface area contributed by atoms with Crippen molar-refractivity contribution in [2.45, 2.75) is 12.8 Å². The van der Waals surface area contributed by atoms with Gasteiger partial charge in [0.1, 0.15) is 17.0 Å². The van der Waals surface area contributed by atoms with Crippen molar-refractivity contribution in [3.63, 3.8) is 0 Å². The molecular formula is C28H22F2N6O3. The summed E-state index contributed by atoms with van der Waals surface area (Å²) < 4.78 is 33.9. The Morgan fingerprint density at radius 3 is 2.28 bits per heavy atom. The third-order valence-electron chi connectivity index (χ3n) is 6.35. The van der Waals surface area contributed by atoms with Crippen molar-refractivity contribution in [2.24, 2.45) is 11.1 Å². The number of ether oxygens (including phenoxy) is 1. The Bertz CT molecular complexity index is 1630. The fourth-order valence-electron chi connectivity index (χ4n) is 3.97. The smallest absolute Gasteiger partial charge is 0.240 e. The van der Waals surface area contributed by atoms with E-state index in [0.717, 1.165) is 12.3 Å². The van der Waals surface area contributed by atoms with Crippen LogP contribution in [0.15, 0.2) is 73.2 Å². The summed E-state index contributed by atoms with van der Waals surface area (Å²) in [4.78, 5) is 34.2. The van der Waals surface area contributed by atoms with Crippen molar-refractivity contribution in [2.75, 3.05) is 10.6 Å². The fraction of sp³-hybridized carbons (Fsp3) is 0.107. The number of fused-ring (bicyclic) bond motifs is 1. The number of anilines is 2. The maximum Gasteiger partial charge on any atom is 0.240 e. The zero-order valence-corrected chi connectivity index (χ0v) is 20.4. The number of nitrogens with zero attached hydrogens (tertiary/aromatic N) is 2. The van der Waals surface area contributed by atoms with Gasteiger partial charge in [0.15, 0.2) is 11.6 Å². The second-order valence-corrected chi connectivity index (χ2v) is 8.91. The molecule has 2 aromatic heterocycles. The summed E-state index contributed by atoms with van der Waals surface area (Å²) in [5.74, 6) is -2.04. The highest BCUT2D eigenvalue weighted by molar-refractivity contribution is 6.17. The Morgan fingerprint density at radius 1 is 0.949 bits per heavy atom. The largest absolute Gasteiger partial charge is 0.453 e. The average Bonchev–Trinajstić information content (AvgIpc) is 3.75. The molecular weight excluding hydrogens is 506 g/mol. The van der Waals surface area contributed by atoms with E-state index in [-0.39, 0.29) is 11.4 Å². The van der Waals surface area contributed by atoms with Gasteiger partial charge in [0, 0.05) is 47.8 Å². The molecule has 1 fully saturated rings. The first-order chi connectivity index (χ1) is 18.8. The predicted octanol–water partition coefficient (Wildman–Crippen LogP) is 5.01. The summed E-state index contributed by atoms with van der Waals surface area (Å²) in [6, 6.07) is 12.3. The van der Waals surface area contributed by atoms with Crippen molar-refractivity contribution in [1.29, 1.82) is 5.41 Å². The molecule has 0 unspecified atom stereocenters. The first-order valence-corrected chi connectivity index (χ1v) is 11.9. The van der Waals surface area contributed by atoms with Crippen LogP contribution >= 0.6 is 0 Å². The molecule has 1 aliphatic carbocycles. The highest BCUT2D eigenvalue weighted by Crippen LogP contribution is 2.47. The lowest BCUT2D eigenvalue weighted by molar-refractivity contribution is -0.131. The summed E-state index contributed by atoms with van der Waals surface area (Å²) in [5.41, 5.74) is 6.15. The van der Waals surface area contributed by atoms with Crippen molar-refractivity contribution < 1.29 is 23.1 Å². The number of carbonyl (C=O) groups is 2. The van der Waals surface area contributed by atoms with E-state index in [0.29, 0.717) is 46.4 Å². The van der Waals surface area contributed by atoms with E-state index in [1.54, 1.807) is 12.1 Å². The molecule has 196 valence electrons. The van der Waals surface area contributed by atoms with Crippen LogP contribution in [0.5, 0.6) is 11.5 Å². The van der Waals surface area contributed by atoms with Gasteiger partial charge in [-0.25, -0.2) is 8.78 Å². The Labute approximate surface area is 221 Å². The van der Waals surface area contributed by atoms with Crippen LogP contribution in [0, 0.1) is 22.5 Å². The molecule has 4 aromatic rings. The van der Waals surface area contributed by atoms with E-state index < -0.39 is 28.9 Å². The van der Waals surface area contributed by atoms with Gasteiger partial charge in [0.2, 0.25) is 11.8 Å². The summed E-state index contributed by atoms with van der Waals surface area (Å²) >= 11 is 0. The van der Waals surface area contributed by atoms with Crippen molar-refractivity contribution >= 4 is 45.9 Å². The summed E-state index contributed by atoms with van der Waals surface area (Å²) in [7, 11) is 0. The molecule has 5 N–H and O–H groups in total. The molecule has 9 nitrogen and oxygen atoms in total. The number of pyridine rings is 2. The van der Waals surface area contributed by atoms with Gasteiger partial charge in [-0.1, -0.05) is 0 Å². The Balaban J connectivity index is 1.30. The van der Waals surface area contributed by atoms with Crippen molar-refractivity contribution in [1.82, 2.24) is 9.97 Å². The van der Waals surface area contributed by atoms with Gasteiger partial charge in [-0.2, -0.15) is 0 Å². The minimum absolute atomic E-state index is 0.0956. The monoisotopic (exact) mass is 528 g/mol. The lowest BCUT2D eigenvalue weighted by atomic mass is 10.0. The Morgan fingerprint density at radius 2 is 1.64 bits per heavy atom. The standard InChI is InChI=1S/C28H22F2N6O3/c29-17-1-3-18(4-2-17)35-26(37)28(8-9-28)27(38)36-19-5-6-25(21(30)11-19)39-24-7-10-33-23-12-22(16(13-31)14-32)34-15-20(23)24/h1-7,10-15,31H,8-9,32H2,(H,35,37)(H,36,38)/b16-14+,31-13?. The number of halogens is 2. The number of rotatable bonds is 8. The molecule has 2 amide bonds. The Kier molecular flexibility index (Phi) is 6.72.